The summed E-state index contributed by atoms with van der Waals surface area (Å²) in [5, 5.41) is 0. The van der Waals surface area contributed by atoms with Crippen LogP contribution in [0.2, 0.25) is 0 Å². The van der Waals surface area contributed by atoms with Gasteiger partial charge in [0, 0.05) is 0 Å². The lowest BCUT2D eigenvalue weighted by atomic mass is 10.0. The predicted molar refractivity (Wildman–Crippen MR) is 100.0 cm³/mol. The summed E-state index contributed by atoms with van der Waals surface area (Å²) in [6, 6.07) is 2.88. The van der Waals surface area contributed by atoms with Crippen LogP contribution < -0.4 is 9.47 Å². The van der Waals surface area contributed by atoms with E-state index in [9.17, 15) is 17.6 Å². The number of hydrogen-bond donors (Lipinski definition) is 0. The topological polar surface area (TPSA) is 18.5 Å². The van der Waals surface area contributed by atoms with Crippen molar-refractivity contribution in [3.63, 3.8) is 0 Å². The first-order chi connectivity index (χ1) is 13.4. The molecule has 2 aliphatic rings. The Morgan fingerprint density at radius 3 is 2.36 bits per heavy atom. The van der Waals surface area contributed by atoms with Crippen LogP contribution in [-0.4, -0.2) is 13.0 Å². The Kier molecular flexibility index (Phi) is 7.24. The smallest absolute Gasteiger partial charge is 0.490 e. The number of benzene rings is 1. The van der Waals surface area contributed by atoms with Gasteiger partial charge in [0.2, 0.25) is 5.75 Å². The Bertz CT molecular complexity index is 657. The van der Waals surface area contributed by atoms with Gasteiger partial charge in [0.05, 0.1) is 6.61 Å². The van der Waals surface area contributed by atoms with Crippen molar-refractivity contribution in [2.75, 3.05) is 6.61 Å². The Balaban J connectivity index is 1.68. The quantitative estimate of drug-likeness (QED) is 0.346. The molecule has 0 bridgehead atoms. The van der Waals surface area contributed by atoms with Crippen LogP contribution in [0.5, 0.6) is 11.5 Å². The van der Waals surface area contributed by atoms with Gasteiger partial charge >= 0.3 is 6.36 Å². The summed E-state index contributed by atoms with van der Waals surface area (Å²) in [4.78, 5) is 0. The molecule has 1 aromatic rings. The molecule has 0 atom stereocenters. The summed E-state index contributed by atoms with van der Waals surface area (Å²) in [7, 11) is 0. The van der Waals surface area contributed by atoms with Crippen LogP contribution in [0.25, 0.3) is 0 Å². The first-order valence-electron chi connectivity index (χ1n) is 10.3. The summed E-state index contributed by atoms with van der Waals surface area (Å²) in [6.07, 6.45) is 9.15. The number of allylic oxidation sites excluding steroid dienone is 2. The molecule has 0 unspecified atom stereocenters. The van der Waals surface area contributed by atoms with Crippen molar-refractivity contribution in [3.8, 4) is 11.5 Å². The first-order valence-corrected chi connectivity index (χ1v) is 10.3. The predicted octanol–water partition coefficient (Wildman–Crippen LogP) is 6.97. The Hall–Kier alpha value is -1.72. The molecular formula is C22H28F4O2. The molecule has 28 heavy (non-hydrogen) atoms. The van der Waals surface area contributed by atoms with Gasteiger partial charge in [0.1, 0.15) is 0 Å². The van der Waals surface area contributed by atoms with Crippen LogP contribution >= 0.6 is 0 Å². The van der Waals surface area contributed by atoms with E-state index < -0.39 is 17.9 Å². The molecule has 0 amide bonds. The van der Waals surface area contributed by atoms with Gasteiger partial charge in [-0.3, -0.25) is 0 Å². The Morgan fingerprint density at radius 1 is 1.00 bits per heavy atom. The second-order valence-electron chi connectivity index (χ2n) is 7.88. The highest BCUT2D eigenvalue weighted by molar-refractivity contribution is 5.45. The average Bonchev–Trinajstić information content (AvgIpc) is 3.32. The third-order valence-corrected chi connectivity index (χ3v) is 5.76. The normalized spacial score (nSPS) is 19.0. The molecule has 0 N–H and O–H groups in total. The maximum atomic E-state index is 14.8. The molecule has 0 aromatic heterocycles. The minimum Gasteiger partial charge on any atom is -0.490 e. The molecule has 0 saturated heterocycles. The molecule has 2 saturated carbocycles. The average molecular weight is 400 g/mol. The summed E-state index contributed by atoms with van der Waals surface area (Å²) in [6.45, 7) is 0.263. The second kappa shape index (κ2) is 9.66. The lowest BCUT2D eigenvalue weighted by Gasteiger charge is -2.17. The number of alkyl halides is 3. The van der Waals surface area contributed by atoms with E-state index in [1.807, 2.05) is 12.2 Å². The summed E-state index contributed by atoms with van der Waals surface area (Å²) < 4.78 is 62.6. The van der Waals surface area contributed by atoms with Gasteiger partial charge in [-0.05, 0) is 49.1 Å². The van der Waals surface area contributed by atoms with Crippen LogP contribution in [0.15, 0.2) is 24.3 Å². The molecule has 3 rings (SSSR count). The van der Waals surface area contributed by atoms with Crippen LogP contribution in [-0.2, 0) is 6.42 Å². The van der Waals surface area contributed by atoms with E-state index in [4.69, 9.17) is 4.74 Å². The third-order valence-electron chi connectivity index (χ3n) is 5.76. The van der Waals surface area contributed by atoms with Crippen LogP contribution in [0.4, 0.5) is 17.6 Å². The minimum absolute atomic E-state index is 0.177. The van der Waals surface area contributed by atoms with Crippen molar-refractivity contribution in [3.05, 3.63) is 35.7 Å². The van der Waals surface area contributed by atoms with Crippen molar-refractivity contribution >= 4 is 0 Å². The largest absolute Gasteiger partial charge is 0.573 e. The van der Waals surface area contributed by atoms with Crippen LogP contribution in [0.1, 0.15) is 63.4 Å². The summed E-state index contributed by atoms with van der Waals surface area (Å²) >= 11 is 0. The van der Waals surface area contributed by atoms with E-state index in [1.165, 1.54) is 37.8 Å². The molecule has 156 valence electrons. The molecule has 2 fully saturated rings. The van der Waals surface area contributed by atoms with Gasteiger partial charge in [0.25, 0.3) is 0 Å². The molecule has 2 aliphatic carbocycles. The van der Waals surface area contributed by atoms with Crippen molar-refractivity contribution in [1.29, 1.82) is 0 Å². The molecule has 2 nitrogen and oxygen atoms in total. The molecule has 1 aromatic carbocycles. The zero-order valence-corrected chi connectivity index (χ0v) is 16.1. The maximum Gasteiger partial charge on any atom is 0.573 e. The van der Waals surface area contributed by atoms with Gasteiger partial charge in [-0.2, -0.15) is 0 Å². The SMILES string of the molecule is Fc1c(C/C=C/C2CCCC2)ccc(OCCC2CCCC2)c1OC(F)(F)F. The molecule has 0 aliphatic heterocycles. The fourth-order valence-corrected chi connectivity index (χ4v) is 4.23. The van der Waals surface area contributed by atoms with E-state index in [2.05, 4.69) is 4.74 Å². The fraction of sp³-hybridized carbons (Fsp3) is 0.636. The Morgan fingerprint density at radius 2 is 1.68 bits per heavy atom. The highest BCUT2D eigenvalue weighted by Gasteiger charge is 2.34. The van der Waals surface area contributed by atoms with Gasteiger partial charge < -0.3 is 9.47 Å². The first kappa shape index (κ1) is 21.0. The summed E-state index contributed by atoms with van der Waals surface area (Å²) in [5.74, 6) is -1.00. The highest BCUT2D eigenvalue weighted by atomic mass is 19.4. The third kappa shape index (κ3) is 6.14. The standard InChI is InChI=1S/C22H28F4O2/c23-20-18(11-5-10-16-6-1-2-7-16)12-13-19(21(20)28-22(24,25)26)27-15-14-17-8-3-4-9-17/h5,10,12-13,16-17H,1-4,6-9,11,14-15H2/b10-5+. The maximum absolute atomic E-state index is 14.8. The van der Waals surface area contributed by atoms with E-state index in [-0.39, 0.29) is 24.3 Å². The second-order valence-corrected chi connectivity index (χ2v) is 7.88. The number of rotatable bonds is 8. The molecule has 0 radical (unpaired) electrons. The van der Waals surface area contributed by atoms with Gasteiger partial charge in [-0.1, -0.05) is 56.7 Å². The molecule has 0 heterocycles. The zero-order valence-electron chi connectivity index (χ0n) is 16.1. The lowest BCUT2D eigenvalue weighted by Crippen LogP contribution is -2.19. The zero-order chi connectivity index (χ0) is 20.0. The van der Waals surface area contributed by atoms with E-state index in [0.29, 0.717) is 11.8 Å². The molecular weight excluding hydrogens is 372 g/mol. The monoisotopic (exact) mass is 400 g/mol. The lowest BCUT2D eigenvalue weighted by molar-refractivity contribution is -0.276. The van der Waals surface area contributed by atoms with Gasteiger partial charge in [-0.15, -0.1) is 13.2 Å². The molecule has 0 spiro atoms. The van der Waals surface area contributed by atoms with Crippen molar-refractivity contribution in [2.45, 2.75) is 70.6 Å². The number of hydrogen-bond acceptors (Lipinski definition) is 2. The number of ether oxygens (including phenoxy) is 2. The van der Waals surface area contributed by atoms with Crippen molar-refractivity contribution < 1.29 is 27.0 Å². The fourth-order valence-electron chi connectivity index (χ4n) is 4.23. The van der Waals surface area contributed by atoms with Crippen LogP contribution in [0, 0.1) is 17.7 Å². The minimum atomic E-state index is -4.97. The van der Waals surface area contributed by atoms with E-state index >= 15 is 0 Å². The molecule has 6 heteroatoms. The van der Waals surface area contributed by atoms with Crippen LogP contribution in [0.3, 0.4) is 0 Å². The van der Waals surface area contributed by atoms with E-state index in [1.54, 1.807) is 0 Å². The Labute approximate surface area is 163 Å². The van der Waals surface area contributed by atoms with Gasteiger partial charge in [-0.25, -0.2) is 4.39 Å². The van der Waals surface area contributed by atoms with Crippen molar-refractivity contribution in [2.24, 2.45) is 11.8 Å². The van der Waals surface area contributed by atoms with E-state index in [0.717, 1.165) is 32.1 Å². The summed E-state index contributed by atoms with van der Waals surface area (Å²) in [5.41, 5.74) is 0.177. The van der Waals surface area contributed by atoms with Gasteiger partial charge in [0.15, 0.2) is 11.6 Å². The highest BCUT2D eigenvalue weighted by Crippen LogP contribution is 2.37. The van der Waals surface area contributed by atoms with Crippen molar-refractivity contribution in [1.82, 2.24) is 0 Å². The number of halogens is 4.